The highest BCUT2D eigenvalue weighted by Crippen LogP contribution is 2.27. The van der Waals surface area contributed by atoms with Gasteiger partial charge in [0, 0.05) is 6.42 Å². The Bertz CT molecular complexity index is 554. The van der Waals surface area contributed by atoms with Gasteiger partial charge in [-0.05, 0) is 44.4 Å². The summed E-state index contributed by atoms with van der Waals surface area (Å²) in [6.07, 6.45) is 2.81. The molecule has 0 spiro atoms. The largest absolute Gasteiger partial charge is 0.493 e. The quantitative estimate of drug-likeness (QED) is 0.808. The van der Waals surface area contributed by atoms with E-state index in [1.807, 2.05) is 31.2 Å². The van der Waals surface area contributed by atoms with E-state index in [4.69, 9.17) is 15.0 Å². The first-order chi connectivity index (χ1) is 10.2. The van der Waals surface area contributed by atoms with Gasteiger partial charge < -0.3 is 15.0 Å². The van der Waals surface area contributed by atoms with Gasteiger partial charge in [0.25, 0.3) is 0 Å². The Morgan fingerprint density at radius 3 is 2.86 bits per heavy atom. The second-order valence-electron chi connectivity index (χ2n) is 5.16. The van der Waals surface area contributed by atoms with E-state index in [1.54, 1.807) is 0 Å². The molecule has 1 atom stereocenters. The third kappa shape index (κ3) is 4.29. The van der Waals surface area contributed by atoms with Gasteiger partial charge in [0.2, 0.25) is 11.7 Å². The van der Waals surface area contributed by atoms with E-state index in [1.165, 1.54) is 0 Å². The summed E-state index contributed by atoms with van der Waals surface area (Å²) in [6.45, 7) is 5.47. The number of nitrogens with zero attached hydrogens (tertiary/aromatic N) is 2. The number of aromatic nitrogens is 2. The number of nitrogens with two attached hydrogens (primary N) is 1. The molecule has 5 heteroatoms. The molecule has 2 aromatic rings. The van der Waals surface area contributed by atoms with Gasteiger partial charge in [-0.2, -0.15) is 4.98 Å². The van der Waals surface area contributed by atoms with Crippen LogP contribution in [0.15, 0.2) is 28.8 Å². The van der Waals surface area contributed by atoms with Crippen LogP contribution in [-0.4, -0.2) is 23.3 Å². The molecule has 0 saturated carbocycles. The van der Waals surface area contributed by atoms with Crippen molar-refractivity contribution in [2.75, 3.05) is 13.2 Å². The van der Waals surface area contributed by atoms with E-state index in [2.05, 4.69) is 17.1 Å². The second kappa shape index (κ2) is 7.78. The van der Waals surface area contributed by atoms with Crippen molar-refractivity contribution in [3.63, 3.8) is 0 Å². The van der Waals surface area contributed by atoms with Crippen LogP contribution in [0.5, 0.6) is 5.75 Å². The lowest BCUT2D eigenvalue weighted by Gasteiger charge is -2.07. The molecule has 0 amide bonds. The van der Waals surface area contributed by atoms with Crippen molar-refractivity contribution < 1.29 is 9.26 Å². The molecule has 2 N–H and O–H groups in total. The number of hydrogen-bond donors (Lipinski definition) is 1. The second-order valence-corrected chi connectivity index (χ2v) is 5.16. The fourth-order valence-corrected chi connectivity index (χ4v) is 2.20. The SMILES string of the molecule is CCOc1ccccc1-c1noc(CCC(C)CCN)n1. The third-order valence-electron chi connectivity index (χ3n) is 3.41. The molecule has 0 aliphatic rings. The number of rotatable bonds is 8. The monoisotopic (exact) mass is 289 g/mol. The molecule has 1 unspecified atom stereocenters. The minimum absolute atomic E-state index is 0.570. The zero-order chi connectivity index (χ0) is 15.1. The van der Waals surface area contributed by atoms with Crippen LogP contribution in [0.25, 0.3) is 11.4 Å². The first-order valence-corrected chi connectivity index (χ1v) is 7.49. The highest BCUT2D eigenvalue weighted by Gasteiger charge is 2.13. The fraction of sp³-hybridized carbons (Fsp3) is 0.500. The molecular formula is C16H23N3O2. The highest BCUT2D eigenvalue weighted by atomic mass is 16.5. The minimum atomic E-state index is 0.570. The van der Waals surface area contributed by atoms with Crippen molar-refractivity contribution in [2.24, 2.45) is 11.7 Å². The molecule has 1 heterocycles. The van der Waals surface area contributed by atoms with Crippen LogP contribution in [0.4, 0.5) is 0 Å². The van der Waals surface area contributed by atoms with Gasteiger partial charge in [0.1, 0.15) is 5.75 Å². The van der Waals surface area contributed by atoms with Crippen molar-refractivity contribution in [2.45, 2.75) is 33.1 Å². The van der Waals surface area contributed by atoms with Crippen LogP contribution in [-0.2, 0) is 6.42 Å². The smallest absolute Gasteiger partial charge is 0.226 e. The Balaban J connectivity index is 2.06. The summed E-state index contributed by atoms with van der Waals surface area (Å²) in [6, 6.07) is 7.73. The van der Waals surface area contributed by atoms with Gasteiger partial charge in [-0.15, -0.1) is 0 Å². The van der Waals surface area contributed by atoms with E-state index in [0.29, 0.717) is 24.2 Å². The van der Waals surface area contributed by atoms with Crippen molar-refractivity contribution in [1.82, 2.24) is 10.1 Å². The Morgan fingerprint density at radius 2 is 2.10 bits per heavy atom. The Labute approximate surface area is 125 Å². The number of ether oxygens (including phenoxy) is 1. The molecule has 2 rings (SSSR count). The Morgan fingerprint density at radius 1 is 1.29 bits per heavy atom. The van der Waals surface area contributed by atoms with E-state index in [9.17, 15) is 0 Å². The molecule has 114 valence electrons. The molecule has 0 aliphatic carbocycles. The maximum Gasteiger partial charge on any atom is 0.226 e. The molecule has 1 aromatic heterocycles. The zero-order valence-corrected chi connectivity index (χ0v) is 12.7. The molecular weight excluding hydrogens is 266 g/mol. The van der Waals surface area contributed by atoms with E-state index in [-0.39, 0.29) is 0 Å². The average molecular weight is 289 g/mol. The van der Waals surface area contributed by atoms with Crippen LogP contribution in [0.3, 0.4) is 0 Å². The van der Waals surface area contributed by atoms with Crippen LogP contribution >= 0.6 is 0 Å². The normalized spacial score (nSPS) is 12.3. The van der Waals surface area contributed by atoms with Crippen molar-refractivity contribution in [3.8, 4) is 17.1 Å². The van der Waals surface area contributed by atoms with E-state index >= 15 is 0 Å². The summed E-state index contributed by atoms with van der Waals surface area (Å²) in [5.41, 5.74) is 6.42. The van der Waals surface area contributed by atoms with Gasteiger partial charge in [-0.3, -0.25) is 0 Å². The van der Waals surface area contributed by atoms with Gasteiger partial charge in [0.05, 0.1) is 12.2 Å². The summed E-state index contributed by atoms with van der Waals surface area (Å²) in [4.78, 5) is 4.47. The first-order valence-electron chi connectivity index (χ1n) is 7.49. The van der Waals surface area contributed by atoms with E-state index < -0.39 is 0 Å². The van der Waals surface area contributed by atoms with Crippen LogP contribution < -0.4 is 10.5 Å². The summed E-state index contributed by atoms with van der Waals surface area (Å²) >= 11 is 0. The third-order valence-corrected chi connectivity index (χ3v) is 3.41. The molecule has 21 heavy (non-hydrogen) atoms. The van der Waals surface area contributed by atoms with Gasteiger partial charge >= 0.3 is 0 Å². The zero-order valence-electron chi connectivity index (χ0n) is 12.7. The number of aryl methyl sites for hydroxylation is 1. The van der Waals surface area contributed by atoms with Crippen LogP contribution in [0.2, 0.25) is 0 Å². The summed E-state index contributed by atoms with van der Waals surface area (Å²) in [5.74, 6) is 2.60. The fourth-order valence-electron chi connectivity index (χ4n) is 2.20. The molecule has 0 bridgehead atoms. The summed E-state index contributed by atoms with van der Waals surface area (Å²) in [5, 5.41) is 4.06. The predicted octanol–water partition coefficient (Wildman–Crippen LogP) is 3.05. The minimum Gasteiger partial charge on any atom is -0.493 e. The number of para-hydroxylation sites is 1. The standard InChI is InChI=1S/C16H23N3O2/c1-3-20-14-7-5-4-6-13(14)16-18-15(21-19-16)9-8-12(2)10-11-17/h4-7,12H,3,8-11,17H2,1-2H3. The van der Waals surface area contributed by atoms with Crippen LogP contribution in [0, 0.1) is 5.92 Å². The number of hydrogen-bond acceptors (Lipinski definition) is 5. The van der Waals surface area contributed by atoms with Gasteiger partial charge in [-0.1, -0.05) is 24.2 Å². The number of benzene rings is 1. The van der Waals surface area contributed by atoms with Crippen molar-refractivity contribution in [1.29, 1.82) is 0 Å². The molecule has 0 radical (unpaired) electrons. The molecule has 5 nitrogen and oxygen atoms in total. The lowest BCUT2D eigenvalue weighted by Crippen LogP contribution is -2.06. The lowest BCUT2D eigenvalue weighted by atomic mass is 10.0. The van der Waals surface area contributed by atoms with Crippen molar-refractivity contribution in [3.05, 3.63) is 30.2 Å². The Kier molecular flexibility index (Phi) is 5.75. The molecule has 0 fully saturated rings. The van der Waals surface area contributed by atoms with Crippen molar-refractivity contribution >= 4 is 0 Å². The lowest BCUT2D eigenvalue weighted by molar-refractivity contribution is 0.340. The first kappa shape index (κ1) is 15.5. The molecule has 1 aromatic carbocycles. The van der Waals surface area contributed by atoms with Gasteiger partial charge in [0.15, 0.2) is 0 Å². The van der Waals surface area contributed by atoms with Crippen LogP contribution in [0.1, 0.15) is 32.6 Å². The molecule has 0 aliphatic heterocycles. The summed E-state index contributed by atoms with van der Waals surface area (Å²) in [7, 11) is 0. The maximum atomic E-state index is 5.60. The van der Waals surface area contributed by atoms with E-state index in [0.717, 1.165) is 37.1 Å². The Hall–Kier alpha value is -1.88. The maximum absolute atomic E-state index is 5.60. The average Bonchev–Trinajstić information content (AvgIpc) is 2.95. The highest BCUT2D eigenvalue weighted by molar-refractivity contribution is 5.63. The topological polar surface area (TPSA) is 74.2 Å². The molecule has 0 saturated heterocycles. The predicted molar refractivity (Wildman–Crippen MR) is 82.1 cm³/mol. The van der Waals surface area contributed by atoms with Gasteiger partial charge in [-0.25, -0.2) is 0 Å². The summed E-state index contributed by atoms with van der Waals surface area (Å²) < 4.78 is 10.9.